The zero-order chi connectivity index (χ0) is 20.7. The van der Waals surface area contributed by atoms with E-state index in [0.717, 1.165) is 16.7 Å². The van der Waals surface area contributed by atoms with E-state index in [0.29, 0.717) is 17.6 Å². The third kappa shape index (κ3) is 6.98. The van der Waals surface area contributed by atoms with Gasteiger partial charge in [0.05, 0.1) is 0 Å². The minimum Gasteiger partial charge on any atom is -0.166 e. The maximum Gasteiger partial charge on any atom is 0.464 e. The molecule has 1 heterocycles. The van der Waals surface area contributed by atoms with Gasteiger partial charge in [0.2, 0.25) is 0 Å². The minimum atomic E-state index is -1.61. The summed E-state index contributed by atoms with van der Waals surface area (Å²) in [6, 6.07) is 29.7. The van der Waals surface area contributed by atoms with E-state index in [1.165, 1.54) is 0 Å². The van der Waals surface area contributed by atoms with Crippen LogP contribution in [0.3, 0.4) is 0 Å². The highest BCUT2D eigenvalue weighted by Gasteiger charge is 2.23. The van der Waals surface area contributed by atoms with Gasteiger partial charge in [0.25, 0.3) is 3.25 Å². The summed E-state index contributed by atoms with van der Waals surface area (Å²) >= 11 is 19.3. The molecule has 4 rings (SSSR count). The summed E-state index contributed by atoms with van der Waals surface area (Å²) in [6.07, 6.45) is 0. The SMILES string of the molecule is ClC(Cl)(Cl)Cl.c1ccc(-c2nc(-c3ccccc3)[o+]c(-c3ccccc3)n2)cc1. The van der Waals surface area contributed by atoms with Crippen LogP contribution in [0.15, 0.2) is 95.4 Å². The number of halogens is 4. The quantitative estimate of drug-likeness (QED) is 0.228. The highest BCUT2D eigenvalue weighted by atomic mass is 35.6. The van der Waals surface area contributed by atoms with Gasteiger partial charge in [-0.15, -0.1) is 9.97 Å². The van der Waals surface area contributed by atoms with Gasteiger partial charge in [-0.05, 0) is 24.3 Å². The molecule has 3 nitrogen and oxygen atoms in total. The lowest BCUT2D eigenvalue weighted by Gasteiger charge is -1.99. The molecule has 0 spiro atoms. The molecule has 0 unspecified atom stereocenters. The minimum absolute atomic E-state index is 0.559. The van der Waals surface area contributed by atoms with Gasteiger partial charge in [-0.3, -0.25) is 0 Å². The summed E-state index contributed by atoms with van der Waals surface area (Å²) in [4.78, 5) is 9.24. The first-order chi connectivity index (χ1) is 13.9. The highest BCUT2D eigenvalue weighted by Crippen LogP contribution is 2.30. The predicted octanol–water partition coefficient (Wildman–Crippen LogP) is 7.90. The lowest BCUT2D eigenvalue weighted by molar-refractivity contribution is 0.540. The number of aromatic nitrogens is 2. The fourth-order valence-electron chi connectivity index (χ4n) is 2.48. The second-order valence-electron chi connectivity index (χ2n) is 5.79. The normalized spacial score (nSPS) is 10.8. The Morgan fingerprint density at radius 3 is 1.17 bits per heavy atom. The van der Waals surface area contributed by atoms with Crippen LogP contribution < -0.4 is 0 Å². The molecular formula is C22H15Cl4N2O+. The average molecular weight is 465 g/mol. The van der Waals surface area contributed by atoms with Gasteiger partial charge in [0, 0.05) is 5.56 Å². The maximum absolute atomic E-state index is 5.99. The van der Waals surface area contributed by atoms with Crippen molar-refractivity contribution in [2.75, 3.05) is 0 Å². The molecular weight excluding hydrogens is 450 g/mol. The molecule has 0 fully saturated rings. The topological polar surface area (TPSA) is 37.1 Å². The van der Waals surface area contributed by atoms with Crippen LogP contribution >= 0.6 is 46.4 Å². The van der Waals surface area contributed by atoms with Crippen LogP contribution in [-0.2, 0) is 0 Å². The predicted molar refractivity (Wildman–Crippen MR) is 121 cm³/mol. The molecule has 0 aliphatic carbocycles. The van der Waals surface area contributed by atoms with Crippen molar-refractivity contribution in [3.8, 4) is 34.3 Å². The number of alkyl halides is 4. The van der Waals surface area contributed by atoms with E-state index >= 15 is 0 Å². The Kier molecular flexibility index (Phi) is 7.45. The van der Waals surface area contributed by atoms with Crippen LogP contribution in [0.2, 0.25) is 0 Å². The Morgan fingerprint density at radius 2 is 0.828 bits per heavy atom. The van der Waals surface area contributed by atoms with Gasteiger partial charge in [-0.2, -0.15) is 4.42 Å². The van der Waals surface area contributed by atoms with E-state index in [1.807, 2.05) is 91.0 Å². The van der Waals surface area contributed by atoms with E-state index in [4.69, 9.17) is 50.8 Å². The van der Waals surface area contributed by atoms with Crippen molar-refractivity contribution in [3.05, 3.63) is 91.0 Å². The maximum atomic E-state index is 5.99. The third-order valence-electron chi connectivity index (χ3n) is 3.68. The first kappa shape index (κ1) is 21.5. The summed E-state index contributed by atoms with van der Waals surface area (Å²) in [7, 11) is 0. The van der Waals surface area contributed by atoms with E-state index in [-0.39, 0.29) is 0 Å². The van der Waals surface area contributed by atoms with Crippen molar-refractivity contribution >= 4 is 46.4 Å². The van der Waals surface area contributed by atoms with Crippen LogP contribution in [0.4, 0.5) is 0 Å². The monoisotopic (exact) mass is 463 g/mol. The van der Waals surface area contributed by atoms with Gasteiger partial charge < -0.3 is 0 Å². The highest BCUT2D eigenvalue weighted by molar-refractivity contribution is 6.83. The fraction of sp³-hybridized carbons (Fsp3) is 0.0455. The number of benzene rings is 3. The molecule has 0 aliphatic heterocycles. The Morgan fingerprint density at radius 1 is 0.517 bits per heavy atom. The number of hydrogen-bond acceptors (Lipinski definition) is 2. The summed E-state index contributed by atoms with van der Waals surface area (Å²) in [5.41, 5.74) is 2.81. The van der Waals surface area contributed by atoms with Crippen molar-refractivity contribution < 1.29 is 4.42 Å². The largest absolute Gasteiger partial charge is 0.464 e. The lowest BCUT2D eigenvalue weighted by atomic mass is 10.2. The van der Waals surface area contributed by atoms with Gasteiger partial charge in [0.15, 0.2) is 5.82 Å². The smallest absolute Gasteiger partial charge is 0.166 e. The molecule has 0 aliphatic rings. The average Bonchev–Trinajstić information content (AvgIpc) is 2.74. The van der Waals surface area contributed by atoms with E-state index in [1.54, 1.807) is 0 Å². The van der Waals surface area contributed by atoms with E-state index < -0.39 is 3.25 Å². The molecule has 0 bridgehead atoms. The molecule has 1 aromatic heterocycles. The van der Waals surface area contributed by atoms with Gasteiger partial charge in [-0.1, -0.05) is 113 Å². The number of rotatable bonds is 3. The van der Waals surface area contributed by atoms with Crippen LogP contribution in [0.25, 0.3) is 34.3 Å². The zero-order valence-corrected chi connectivity index (χ0v) is 18.0. The Hall–Kier alpha value is -2.17. The molecule has 3 aromatic carbocycles. The third-order valence-corrected chi connectivity index (χ3v) is 3.68. The standard InChI is InChI=1S/C21H15N2O.CCl4/c1-4-10-16(11-5-1)19-22-20(17-12-6-2-7-13-17)24-21(23-19)18-14-8-3-9-15-18;2-1(3,4)5/h1-15H;/q+1;. The molecule has 0 atom stereocenters. The zero-order valence-electron chi connectivity index (χ0n) is 15.0. The van der Waals surface area contributed by atoms with Crippen LogP contribution in [-0.4, -0.2) is 13.2 Å². The number of hydrogen-bond donors (Lipinski definition) is 0. The Balaban J connectivity index is 0.000000431. The van der Waals surface area contributed by atoms with Gasteiger partial charge >= 0.3 is 11.8 Å². The Bertz CT molecular complexity index is 895. The Labute approximate surface area is 188 Å². The van der Waals surface area contributed by atoms with Crippen LogP contribution in [0.1, 0.15) is 0 Å². The summed E-state index contributed by atoms with van der Waals surface area (Å²) in [6.45, 7) is 0. The second kappa shape index (κ2) is 10.0. The molecule has 146 valence electrons. The molecule has 0 radical (unpaired) electrons. The van der Waals surface area contributed by atoms with Crippen molar-refractivity contribution in [3.63, 3.8) is 0 Å². The van der Waals surface area contributed by atoms with E-state index in [2.05, 4.69) is 9.97 Å². The first-order valence-corrected chi connectivity index (χ1v) is 10.1. The molecule has 0 amide bonds. The number of nitrogens with zero attached hydrogens (tertiary/aromatic N) is 2. The first-order valence-electron chi connectivity index (χ1n) is 8.54. The van der Waals surface area contributed by atoms with Crippen molar-refractivity contribution in [2.45, 2.75) is 3.25 Å². The van der Waals surface area contributed by atoms with Gasteiger partial charge in [0.1, 0.15) is 11.1 Å². The molecule has 0 saturated heterocycles. The second-order valence-corrected chi connectivity index (χ2v) is 9.21. The molecule has 29 heavy (non-hydrogen) atoms. The molecule has 7 heteroatoms. The van der Waals surface area contributed by atoms with Crippen LogP contribution in [0, 0.1) is 0 Å². The lowest BCUT2D eigenvalue weighted by Crippen LogP contribution is -1.95. The summed E-state index contributed by atoms with van der Waals surface area (Å²) in [5.74, 6) is 1.77. The van der Waals surface area contributed by atoms with Crippen molar-refractivity contribution in [2.24, 2.45) is 0 Å². The summed E-state index contributed by atoms with van der Waals surface area (Å²) < 4.78 is 4.38. The molecule has 4 aromatic rings. The summed E-state index contributed by atoms with van der Waals surface area (Å²) in [5, 5.41) is 0. The molecule has 0 saturated carbocycles. The van der Waals surface area contributed by atoms with Crippen molar-refractivity contribution in [1.82, 2.24) is 9.97 Å². The van der Waals surface area contributed by atoms with E-state index in [9.17, 15) is 0 Å². The van der Waals surface area contributed by atoms with Gasteiger partial charge in [-0.25, -0.2) is 0 Å². The van der Waals surface area contributed by atoms with Crippen molar-refractivity contribution in [1.29, 1.82) is 0 Å². The molecule has 0 N–H and O–H groups in total. The van der Waals surface area contributed by atoms with Crippen LogP contribution in [0.5, 0.6) is 0 Å². The fourth-order valence-corrected chi connectivity index (χ4v) is 2.48.